The van der Waals surface area contributed by atoms with E-state index in [1.54, 1.807) is 27.6 Å². The fraction of sp³-hybridized carbons (Fsp3) is 0.567. The lowest BCUT2D eigenvalue weighted by atomic mass is 9.66. The van der Waals surface area contributed by atoms with Crippen molar-refractivity contribution in [3.05, 3.63) is 61.2 Å². The van der Waals surface area contributed by atoms with Crippen molar-refractivity contribution >= 4 is 29.5 Å². The number of nitrogens with zero attached hydrogens (tertiary/aromatic N) is 2. The summed E-state index contributed by atoms with van der Waals surface area (Å²) in [6.07, 6.45) is 7.91. The number of aliphatic hydroxyl groups is 1. The van der Waals surface area contributed by atoms with Gasteiger partial charge in [0.2, 0.25) is 11.8 Å². The van der Waals surface area contributed by atoms with E-state index in [0.717, 1.165) is 37.7 Å². The second kappa shape index (κ2) is 12.1. The van der Waals surface area contributed by atoms with Gasteiger partial charge in [-0.2, -0.15) is 0 Å². The highest BCUT2D eigenvalue weighted by Gasteiger charge is 2.77. The molecule has 3 saturated heterocycles. The van der Waals surface area contributed by atoms with E-state index in [0.29, 0.717) is 26.1 Å². The van der Waals surface area contributed by atoms with Crippen LogP contribution in [-0.4, -0.2) is 74.5 Å². The Morgan fingerprint density at radius 3 is 2.58 bits per heavy atom. The van der Waals surface area contributed by atoms with Crippen molar-refractivity contribution in [1.29, 1.82) is 0 Å². The first-order valence-electron chi connectivity index (χ1n) is 13.7. The lowest BCUT2D eigenvalue weighted by Crippen LogP contribution is -2.54. The summed E-state index contributed by atoms with van der Waals surface area (Å²) in [6.45, 7) is 11.1. The number of likely N-dealkylation sites (tertiary alicyclic amines) is 1. The van der Waals surface area contributed by atoms with E-state index in [1.165, 1.54) is 6.08 Å². The number of hydrogen-bond donors (Lipinski definition) is 1. The molecule has 0 radical (unpaired) electrons. The molecule has 7 nitrogen and oxygen atoms in total. The molecule has 3 heterocycles. The predicted molar refractivity (Wildman–Crippen MR) is 149 cm³/mol. The number of carbonyl (C=O) groups excluding carboxylic acids is 3. The van der Waals surface area contributed by atoms with E-state index in [1.807, 2.05) is 37.3 Å². The first kappa shape index (κ1) is 28.4. The Bertz CT molecular complexity index is 1050. The number of rotatable bonds is 14. The summed E-state index contributed by atoms with van der Waals surface area (Å²) in [5, 5.41) is 9.14. The molecule has 3 aliphatic heterocycles. The number of amides is 2. The molecular weight excluding hydrogens is 500 g/mol. The van der Waals surface area contributed by atoms with Gasteiger partial charge in [0.1, 0.15) is 12.6 Å². The van der Waals surface area contributed by atoms with E-state index in [-0.39, 0.29) is 31.0 Å². The molecule has 5 atom stereocenters. The number of benzene rings is 1. The molecule has 0 saturated carbocycles. The summed E-state index contributed by atoms with van der Waals surface area (Å²) in [6, 6.07) is 9.18. The van der Waals surface area contributed by atoms with Crippen LogP contribution in [0.4, 0.5) is 0 Å². The van der Waals surface area contributed by atoms with Crippen molar-refractivity contribution in [2.75, 3.05) is 26.3 Å². The van der Waals surface area contributed by atoms with Crippen molar-refractivity contribution < 1.29 is 24.2 Å². The number of thioether (sulfide) groups is 1. The second-order valence-electron chi connectivity index (χ2n) is 10.8. The maximum atomic E-state index is 14.4. The summed E-state index contributed by atoms with van der Waals surface area (Å²) in [5.74, 6) is -1.75. The minimum absolute atomic E-state index is 0.0863. The molecule has 1 spiro atoms. The summed E-state index contributed by atoms with van der Waals surface area (Å²) in [7, 11) is 0. The zero-order valence-electron chi connectivity index (χ0n) is 22.3. The van der Waals surface area contributed by atoms with Crippen LogP contribution in [0.3, 0.4) is 0 Å². The lowest BCUT2D eigenvalue weighted by Gasteiger charge is -2.37. The maximum Gasteiger partial charge on any atom is 0.311 e. The maximum absolute atomic E-state index is 14.4. The van der Waals surface area contributed by atoms with Gasteiger partial charge in [-0.15, -0.1) is 18.3 Å². The highest BCUT2D eigenvalue weighted by atomic mass is 32.2. The quantitative estimate of drug-likeness (QED) is 0.218. The van der Waals surface area contributed by atoms with Crippen LogP contribution in [0.1, 0.15) is 51.0 Å². The third-order valence-corrected chi connectivity index (χ3v) is 10.3. The molecule has 1 N–H and O–H groups in total. The molecule has 8 heteroatoms. The average Bonchev–Trinajstić information content (AvgIpc) is 3.48. The summed E-state index contributed by atoms with van der Waals surface area (Å²) in [4.78, 5) is 45.4. The van der Waals surface area contributed by atoms with Gasteiger partial charge in [0.05, 0.1) is 16.6 Å². The smallest absolute Gasteiger partial charge is 0.311 e. The molecule has 3 aliphatic rings. The SMILES string of the molecule is C=CCOC(=O)[C@@H]1[C@H]2C(=O)N(CCCCCCO)C(C(=O)N(CC=C)Cc3ccccc3)C23CC[C@@]1(C)S3. The van der Waals surface area contributed by atoms with Gasteiger partial charge in [-0.1, -0.05) is 61.9 Å². The number of fused-ring (bicyclic) bond motifs is 1. The normalized spacial score (nSPS) is 29.3. The van der Waals surface area contributed by atoms with Crippen molar-refractivity contribution in [3.63, 3.8) is 0 Å². The highest BCUT2D eigenvalue weighted by molar-refractivity contribution is 8.02. The van der Waals surface area contributed by atoms with Crippen LogP contribution in [0.5, 0.6) is 0 Å². The summed E-state index contributed by atoms with van der Waals surface area (Å²) < 4.78 is 4.38. The average molecular weight is 541 g/mol. The Morgan fingerprint density at radius 1 is 1.16 bits per heavy atom. The molecule has 3 fully saturated rings. The standard InChI is InChI=1S/C30H40N2O5S/c1-4-17-31(21-22-13-9-8-10-14-22)27(35)25-30-16-15-29(3,38-30)24(28(36)37-20-5-2)23(30)26(34)32(25)18-11-6-7-12-19-33/h4-5,8-10,13-14,23-25,33H,1-2,6-7,11-12,15-21H2,3H3/t23-,24-,25?,29+,30?/m0/s1. The molecule has 1 aromatic rings. The van der Waals surface area contributed by atoms with E-state index >= 15 is 0 Å². The number of aliphatic hydroxyl groups excluding tert-OH is 1. The van der Waals surface area contributed by atoms with Crippen LogP contribution in [0.15, 0.2) is 55.6 Å². The summed E-state index contributed by atoms with van der Waals surface area (Å²) >= 11 is 1.66. The topological polar surface area (TPSA) is 87.1 Å². The molecule has 4 rings (SSSR count). The van der Waals surface area contributed by atoms with Gasteiger partial charge in [-0.25, -0.2) is 0 Å². The number of carbonyl (C=O) groups is 3. The minimum atomic E-state index is -0.665. The van der Waals surface area contributed by atoms with Gasteiger partial charge in [0, 0.05) is 31.0 Å². The van der Waals surface area contributed by atoms with Crippen molar-refractivity contribution in [2.24, 2.45) is 11.8 Å². The van der Waals surface area contributed by atoms with E-state index < -0.39 is 27.4 Å². The van der Waals surface area contributed by atoms with Gasteiger partial charge in [-0.05, 0) is 38.2 Å². The van der Waals surface area contributed by atoms with E-state index in [4.69, 9.17) is 9.84 Å². The zero-order chi connectivity index (χ0) is 27.3. The number of esters is 1. The van der Waals surface area contributed by atoms with Gasteiger partial charge in [0.25, 0.3) is 0 Å². The van der Waals surface area contributed by atoms with Crippen molar-refractivity contribution in [1.82, 2.24) is 9.80 Å². The molecule has 2 bridgehead atoms. The van der Waals surface area contributed by atoms with Crippen LogP contribution < -0.4 is 0 Å². The van der Waals surface area contributed by atoms with Crippen molar-refractivity contribution in [2.45, 2.75) is 67.5 Å². The van der Waals surface area contributed by atoms with Crippen LogP contribution in [0.2, 0.25) is 0 Å². The molecule has 2 amide bonds. The number of unbranched alkanes of at least 4 members (excludes halogenated alkanes) is 3. The van der Waals surface area contributed by atoms with Crippen LogP contribution in [0.25, 0.3) is 0 Å². The zero-order valence-corrected chi connectivity index (χ0v) is 23.2. The first-order valence-corrected chi connectivity index (χ1v) is 14.5. The van der Waals surface area contributed by atoms with Crippen LogP contribution in [0, 0.1) is 11.8 Å². The van der Waals surface area contributed by atoms with E-state index in [2.05, 4.69) is 13.2 Å². The largest absolute Gasteiger partial charge is 0.461 e. The minimum Gasteiger partial charge on any atom is -0.461 e. The first-order chi connectivity index (χ1) is 18.3. The van der Waals surface area contributed by atoms with Crippen molar-refractivity contribution in [3.8, 4) is 0 Å². The Hall–Kier alpha value is -2.58. The third kappa shape index (κ3) is 5.17. The molecule has 0 aliphatic carbocycles. The van der Waals surface area contributed by atoms with Gasteiger partial charge < -0.3 is 19.6 Å². The molecule has 2 unspecified atom stereocenters. The molecular formula is C30H40N2O5S. The number of ether oxygens (including phenoxy) is 1. The fourth-order valence-corrected chi connectivity index (χ4v) is 8.99. The lowest BCUT2D eigenvalue weighted by molar-refractivity contribution is -0.154. The number of hydrogen-bond acceptors (Lipinski definition) is 6. The second-order valence-corrected chi connectivity index (χ2v) is 12.7. The summed E-state index contributed by atoms with van der Waals surface area (Å²) in [5.41, 5.74) is 1.01. The molecule has 0 aromatic heterocycles. The Morgan fingerprint density at radius 2 is 1.89 bits per heavy atom. The Balaban J connectivity index is 1.68. The predicted octanol–water partition coefficient (Wildman–Crippen LogP) is 3.96. The fourth-order valence-electron chi connectivity index (χ4n) is 6.65. The molecule has 206 valence electrons. The van der Waals surface area contributed by atoms with Gasteiger partial charge in [0.15, 0.2) is 0 Å². The molecule has 38 heavy (non-hydrogen) atoms. The monoisotopic (exact) mass is 540 g/mol. The van der Waals surface area contributed by atoms with E-state index in [9.17, 15) is 14.4 Å². The third-order valence-electron chi connectivity index (χ3n) is 8.29. The Labute approximate surface area is 230 Å². The Kier molecular flexibility index (Phi) is 9.04. The van der Waals surface area contributed by atoms with Crippen LogP contribution in [-0.2, 0) is 25.7 Å². The molecule has 1 aromatic carbocycles. The highest BCUT2D eigenvalue weighted by Crippen LogP contribution is 2.71. The van der Waals surface area contributed by atoms with Gasteiger partial charge in [-0.3, -0.25) is 14.4 Å². The van der Waals surface area contributed by atoms with Gasteiger partial charge >= 0.3 is 5.97 Å². The van der Waals surface area contributed by atoms with Crippen LogP contribution >= 0.6 is 11.8 Å².